The van der Waals surface area contributed by atoms with Crippen molar-refractivity contribution in [2.45, 2.75) is 0 Å². The number of aromatic nitrogens is 2. The minimum absolute atomic E-state index is 0.0637. The number of halogens is 3. The van der Waals surface area contributed by atoms with E-state index in [2.05, 4.69) is 25.9 Å². The van der Waals surface area contributed by atoms with Gasteiger partial charge in [-0.15, -0.1) is 0 Å². The van der Waals surface area contributed by atoms with Crippen molar-refractivity contribution in [3.63, 3.8) is 0 Å². The maximum absolute atomic E-state index is 13.2. The second kappa shape index (κ2) is 4.35. The van der Waals surface area contributed by atoms with Crippen LogP contribution in [0.5, 0.6) is 0 Å². The molecule has 0 amide bonds. The number of hydrogen-bond acceptors (Lipinski definition) is 3. The van der Waals surface area contributed by atoms with E-state index in [0.29, 0.717) is 21.7 Å². The quantitative estimate of drug-likeness (QED) is 0.879. The molecular formula is C10H6BrClFN3. The van der Waals surface area contributed by atoms with Crippen LogP contribution in [0.25, 0.3) is 11.4 Å². The molecule has 0 unspecified atom stereocenters. The van der Waals surface area contributed by atoms with Gasteiger partial charge in [0.1, 0.15) is 11.6 Å². The Morgan fingerprint density at radius 3 is 2.75 bits per heavy atom. The molecule has 16 heavy (non-hydrogen) atoms. The number of nitrogen functional groups attached to an aromatic ring is 1. The lowest BCUT2D eigenvalue weighted by molar-refractivity contribution is 0.628. The molecule has 1 aromatic carbocycles. The molecule has 6 heteroatoms. The Morgan fingerprint density at radius 2 is 2.12 bits per heavy atom. The molecule has 2 aromatic rings. The van der Waals surface area contributed by atoms with Gasteiger partial charge in [-0.1, -0.05) is 11.6 Å². The van der Waals surface area contributed by atoms with E-state index < -0.39 is 5.82 Å². The first kappa shape index (κ1) is 11.3. The first-order valence-corrected chi connectivity index (χ1v) is 5.48. The molecule has 82 valence electrons. The number of benzene rings is 1. The number of nitrogens with two attached hydrogens (primary N) is 1. The highest BCUT2D eigenvalue weighted by molar-refractivity contribution is 9.10. The van der Waals surface area contributed by atoms with E-state index in [9.17, 15) is 4.39 Å². The van der Waals surface area contributed by atoms with Crippen molar-refractivity contribution in [1.82, 2.24) is 9.97 Å². The topological polar surface area (TPSA) is 51.8 Å². The van der Waals surface area contributed by atoms with E-state index in [4.69, 9.17) is 17.3 Å². The van der Waals surface area contributed by atoms with Crippen LogP contribution in [0, 0.1) is 5.82 Å². The second-order valence-electron chi connectivity index (χ2n) is 3.06. The Morgan fingerprint density at radius 1 is 1.38 bits per heavy atom. The molecule has 0 radical (unpaired) electrons. The van der Waals surface area contributed by atoms with Crippen LogP contribution in [-0.4, -0.2) is 9.97 Å². The van der Waals surface area contributed by atoms with Crippen molar-refractivity contribution >= 4 is 33.3 Å². The van der Waals surface area contributed by atoms with E-state index >= 15 is 0 Å². The second-order valence-corrected chi connectivity index (χ2v) is 4.32. The zero-order valence-corrected chi connectivity index (χ0v) is 10.3. The molecule has 2 rings (SSSR count). The Bertz CT molecular complexity index is 498. The van der Waals surface area contributed by atoms with Crippen molar-refractivity contribution in [3.05, 3.63) is 39.7 Å². The van der Waals surface area contributed by atoms with Gasteiger partial charge in [0.15, 0.2) is 5.82 Å². The molecule has 1 aromatic heterocycles. The molecule has 0 saturated carbocycles. The first-order valence-electron chi connectivity index (χ1n) is 4.31. The minimum atomic E-state index is -0.510. The van der Waals surface area contributed by atoms with Gasteiger partial charge in [-0.25, -0.2) is 14.4 Å². The third kappa shape index (κ3) is 2.15. The fraction of sp³-hybridized carbons (Fsp3) is 0. The van der Waals surface area contributed by atoms with Gasteiger partial charge >= 0.3 is 0 Å². The fourth-order valence-electron chi connectivity index (χ4n) is 1.15. The van der Waals surface area contributed by atoms with E-state index in [0.717, 1.165) is 0 Å². The van der Waals surface area contributed by atoms with E-state index in [1.54, 1.807) is 6.07 Å². The molecule has 0 aliphatic carbocycles. The van der Waals surface area contributed by atoms with Crippen LogP contribution >= 0.6 is 27.5 Å². The monoisotopic (exact) mass is 301 g/mol. The highest BCUT2D eigenvalue weighted by Crippen LogP contribution is 2.24. The third-order valence-electron chi connectivity index (χ3n) is 1.95. The average Bonchev–Trinajstić information content (AvgIpc) is 2.26. The summed E-state index contributed by atoms with van der Waals surface area (Å²) in [5.74, 6) is 0.154. The summed E-state index contributed by atoms with van der Waals surface area (Å²) in [6, 6.07) is 4.35. The van der Waals surface area contributed by atoms with Crippen molar-refractivity contribution in [2.24, 2.45) is 0 Å². The van der Waals surface area contributed by atoms with Crippen LogP contribution in [0.15, 0.2) is 28.9 Å². The highest BCUT2D eigenvalue weighted by atomic mass is 79.9. The summed E-state index contributed by atoms with van der Waals surface area (Å²) in [6.45, 7) is 0. The molecule has 3 nitrogen and oxygen atoms in total. The van der Waals surface area contributed by atoms with Gasteiger partial charge in [0.05, 0.1) is 9.50 Å². The molecule has 1 heterocycles. The van der Waals surface area contributed by atoms with Crippen LogP contribution in [0.2, 0.25) is 5.02 Å². The zero-order valence-electron chi connectivity index (χ0n) is 7.92. The Balaban J connectivity index is 2.50. The number of rotatable bonds is 1. The van der Waals surface area contributed by atoms with Gasteiger partial charge in [0.2, 0.25) is 0 Å². The molecule has 0 saturated heterocycles. The highest BCUT2D eigenvalue weighted by Gasteiger charge is 2.07. The van der Waals surface area contributed by atoms with Gasteiger partial charge in [0.25, 0.3) is 0 Å². The lowest BCUT2D eigenvalue weighted by Crippen LogP contribution is -1.96. The summed E-state index contributed by atoms with van der Waals surface area (Å²) < 4.78 is 13.8. The van der Waals surface area contributed by atoms with Gasteiger partial charge in [-0.05, 0) is 34.1 Å². The normalized spacial score (nSPS) is 10.4. The van der Waals surface area contributed by atoms with Gasteiger partial charge < -0.3 is 5.73 Å². The molecule has 0 bridgehead atoms. The largest absolute Gasteiger partial charge is 0.383 e. The Hall–Kier alpha value is -1.20. The van der Waals surface area contributed by atoms with Crippen molar-refractivity contribution in [1.29, 1.82) is 0 Å². The summed E-state index contributed by atoms with van der Waals surface area (Å²) in [6.07, 6.45) is 1.52. The lowest BCUT2D eigenvalue weighted by atomic mass is 10.2. The van der Waals surface area contributed by atoms with Gasteiger partial charge in [-0.2, -0.15) is 0 Å². The predicted molar refractivity (Wildman–Crippen MR) is 64.5 cm³/mol. The van der Waals surface area contributed by atoms with E-state index in [1.807, 2.05) is 0 Å². The molecule has 0 fully saturated rings. The van der Waals surface area contributed by atoms with E-state index in [-0.39, 0.29) is 5.02 Å². The van der Waals surface area contributed by atoms with Crippen LogP contribution in [0.1, 0.15) is 0 Å². The number of anilines is 1. The smallest absolute Gasteiger partial charge is 0.161 e. The standard InChI is InChI=1S/C10H6BrClFN3/c11-6-4-15-10(16-9(6)14)5-1-2-7(12)8(13)3-5/h1-4H,(H2,14,15,16). The SMILES string of the molecule is Nc1nc(-c2ccc(Cl)c(F)c2)ncc1Br. The zero-order chi connectivity index (χ0) is 11.7. The molecular weight excluding hydrogens is 296 g/mol. The summed E-state index contributed by atoms with van der Waals surface area (Å²) in [4.78, 5) is 8.06. The summed E-state index contributed by atoms with van der Waals surface area (Å²) >= 11 is 8.76. The molecule has 2 N–H and O–H groups in total. The molecule has 0 aliphatic heterocycles. The molecule has 0 aliphatic rings. The van der Waals surface area contributed by atoms with Crippen LogP contribution < -0.4 is 5.73 Å². The Kier molecular flexibility index (Phi) is 3.07. The predicted octanol–water partition coefficient (Wildman–Crippen LogP) is 3.28. The van der Waals surface area contributed by atoms with Crippen LogP contribution in [0.4, 0.5) is 10.2 Å². The Labute approximate surface area is 105 Å². The van der Waals surface area contributed by atoms with E-state index in [1.165, 1.54) is 18.3 Å². The van der Waals surface area contributed by atoms with Gasteiger partial charge in [0, 0.05) is 11.8 Å². The maximum atomic E-state index is 13.2. The van der Waals surface area contributed by atoms with Crippen molar-refractivity contribution in [3.8, 4) is 11.4 Å². The summed E-state index contributed by atoms with van der Waals surface area (Å²) in [5, 5.41) is 0.0637. The van der Waals surface area contributed by atoms with Crippen LogP contribution in [0.3, 0.4) is 0 Å². The number of nitrogens with zero attached hydrogens (tertiary/aromatic N) is 2. The van der Waals surface area contributed by atoms with Crippen molar-refractivity contribution < 1.29 is 4.39 Å². The number of hydrogen-bond donors (Lipinski definition) is 1. The summed E-state index contributed by atoms with van der Waals surface area (Å²) in [7, 11) is 0. The minimum Gasteiger partial charge on any atom is -0.383 e. The summed E-state index contributed by atoms with van der Waals surface area (Å²) in [5.41, 5.74) is 6.14. The third-order valence-corrected chi connectivity index (χ3v) is 2.87. The van der Waals surface area contributed by atoms with Crippen molar-refractivity contribution in [2.75, 3.05) is 5.73 Å². The molecule has 0 spiro atoms. The molecule has 0 atom stereocenters. The lowest BCUT2D eigenvalue weighted by Gasteiger charge is -2.03. The van der Waals surface area contributed by atoms with Gasteiger partial charge in [-0.3, -0.25) is 0 Å². The average molecular weight is 303 g/mol. The first-order chi connectivity index (χ1) is 7.58. The van der Waals surface area contributed by atoms with Crippen LogP contribution in [-0.2, 0) is 0 Å². The fourth-order valence-corrected chi connectivity index (χ4v) is 1.46. The maximum Gasteiger partial charge on any atom is 0.161 e.